The van der Waals surface area contributed by atoms with Crippen LogP contribution >= 0.6 is 11.3 Å². The van der Waals surface area contributed by atoms with Gasteiger partial charge in [-0.3, -0.25) is 14.4 Å². The third kappa shape index (κ3) is 5.92. The van der Waals surface area contributed by atoms with Crippen LogP contribution in [0.3, 0.4) is 0 Å². The van der Waals surface area contributed by atoms with E-state index in [1.54, 1.807) is 12.1 Å². The van der Waals surface area contributed by atoms with E-state index < -0.39 is 0 Å². The lowest BCUT2D eigenvalue weighted by Gasteiger charge is -2.27. The lowest BCUT2D eigenvalue weighted by molar-refractivity contribution is -0.124. The Morgan fingerprint density at radius 3 is 2.57 bits per heavy atom. The number of anilines is 1. The minimum atomic E-state index is -0.313. The van der Waals surface area contributed by atoms with Crippen LogP contribution in [0.4, 0.5) is 5.69 Å². The SMILES string of the molecule is Cc1ccc(C)c(N(CC(=O)NC2CCCCC2)C(=O)CNC(=O)c2cccs2)c1. The molecule has 0 aliphatic heterocycles. The summed E-state index contributed by atoms with van der Waals surface area (Å²) in [6, 6.07) is 9.50. The highest BCUT2D eigenvalue weighted by Crippen LogP contribution is 2.22. The van der Waals surface area contributed by atoms with Crippen molar-refractivity contribution in [3.8, 4) is 0 Å². The number of thiophene rings is 1. The second-order valence-electron chi connectivity index (χ2n) is 7.83. The first-order valence-corrected chi connectivity index (χ1v) is 11.3. The predicted octanol–water partition coefficient (Wildman–Crippen LogP) is 3.58. The second-order valence-corrected chi connectivity index (χ2v) is 8.78. The number of carbonyl (C=O) groups is 3. The van der Waals surface area contributed by atoms with Gasteiger partial charge in [0.1, 0.15) is 6.54 Å². The Balaban J connectivity index is 1.71. The minimum absolute atomic E-state index is 0.0610. The fraction of sp³-hybridized carbons (Fsp3) is 0.435. The van der Waals surface area contributed by atoms with Crippen LogP contribution in [0.15, 0.2) is 35.7 Å². The maximum Gasteiger partial charge on any atom is 0.261 e. The van der Waals surface area contributed by atoms with Crippen molar-refractivity contribution < 1.29 is 14.4 Å². The van der Waals surface area contributed by atoms with Gasteiger partial charge in [-0.05, 0) is 55.3 Å². The third-order valence-electron chi connectivity index (χ3n) is 5.37. The molecule has 1 aromatic carbocycles. The number of nitrogens with zero attached hydrogens (tertiary/aromatic N) is 1. The zero-order valence-corrected chi connectivity index (χ0v) is 18.4. The smallest absolute Gasteiger partial charge is 0.261 e. The Morgan fingerprint density at radius 1 is 1.10 bits per heavy atom. The molecule has 0 atom stereocenters. The Kier molecular flexibility index (Phi) is 7.63. The average Bonchev–Trinajstić information content (AvgIpc) is 3.28. The van der Waals surface area contributed by atoms with Crippen LogP contribution in [-0.2, 0) is 9.59 Å². The van der Waals surface area contributed by atoms with Crippen LogP contribution in [0.25, 0.3) is 0 Å². The van der Waals surface area contributed by atoms with Crippen molar-refractivity contribution >= 4 is 34.7 Å². The topological polar surface area (TPSA) is 78.5 Å². The Morgan fingerprint density at radius 2 is 1.87 bits per heavy atom. The molecule has 0 bridgehead atoms. The van der Waals surface area contributed by atoms with Gasteiger partial charge in [0.15, 0.2) is 0 Å². The summed E-state index contributed by atoms with van der Waals surface area (Å²) in [4.78, 5) is 40.0. The van der Waals surface area contributed by atoms with E-state index >= 15 is 0 Å². The van der Waals surface area contributed by atoms with Crippen molar-refractivity contribution in [3.63, 3.8) is 0 Å². The molecule has 1 heterocycles. The summed E-state index contributed by atoms with van der Waals surface area (Å²) >= 11 is 1.32. The third-order valence-corrected chi connectivity index (χ3v) is 6.24. The van der Waals surface area contributed by atoms with E-state index in [4.69, 9.17) is 0 Å². The van der Waals surface area contributed by atoms with Gasteiger partial charge in [0.25, 0.3) is 5.91 Å². The molecule has 0 saturated heterocycles. The van der Waals surface area contributed by atoms with Gasteiger partial charge in [0.05, 0.1) is 11.4 Å². The lowest BCUT2D eigenvalue weighted by Crippen LogP contribution is -2.47. The molecular formula is C23H29N3O3S. The number of hydrogen-bond donors (Lipinski definition) is 2. The molecule has 6 nitrogen and oxygen atoms in total. The molecule has 3 amide bonds. The second kappa shape index (κ2) is 10.4. The van der Waals surface area contributed by atoms with Crippen LogP contribution in [0.5, 0.6) is 0 Å². The number of benzene rings is 1. The van der Waals surface area contributed by atoms with Gasteiger partial charge in [-0.2, -0.15) is 0 Å². The van der Waals surface area contributed by atoms with E-state index in [0.717, 1.165) is 36.8 Å². The molecule has 1 aliphatic rings. The van der Waals surface area contributed by atoms with Crippen LogP contribution in [0.2, 0.25) is 0 Å². The minimum Gasteiger partial charge on any atom is -0.352 e. The Hall–Kier alpha value is -2.67. The molecule has 1 aliphatic carbocycles. The van der Waals surface area contributed by atoms with Gasteiger partial charge >= 0.3 is 0 Å². The number of aryl methyl sites for hydroxylation is 2. The fourth-order valence-electron chi connectivity index (χ4n) is 3.73. The first-order valence-electron chi connectivity index (χ1n) is 10.4. The lowest BCUT2D eigenvalue weighted by atomic mass is 9.95. The van der Waals surface area contributed by atoms with Crippen molar-refractivity contribution in [3.05, 3.63) is 51.7 Å². The van der Waals surface area contributed by atoms with E-state index in [0.29, 0.717) is 10.6 Å². The van der Waals surface area contributed by atoms with Crippen molar-refractivity contribution in [1.82, 2.24) is 10.6 Å². The summed E-state index contributed by atoms with van der Waals surface area (Å²) in [6.45, 7) is 3.64. The summed E-state index contributed by atoms with van der Waals surface area (Å²) in [5.41, 5.74) is 2.61. The highest BCUT2D eigenvalue weighted by atomic mass is 32.1. The molecule has 1 fully saturated rings. The molecule has 0 spiro atoms. The first kappa shape index (κ1) is 22.0. The maximum absolute atomic E-state index is 13.0. The van der Waals surface area contributed by atoms with E-state index in [9.17, 15) is 14.4 Å². The quantitative estimate of drug-likeness (QED) is 0.709. The number of rotatable bonds is 7. The molecule has 1 aromatic heterocycles. The zero-order valence-electron chi connectivity index (χ0n) is 17.6. The average molecular weight is 428 g/mol. The number of hydrogen-bond acceptors (Lipinski definition) is 4. The fourth-order valence-corrected chi connectivity index (χ4v) is 4.37. The Bertz CT molecular complexity index is 889. The molecule has 160 valence electrons. The standard InChI is InChI=1S/C23H29N3O3S/c1-16-10-11-17(2)19(13-16)26(15-21(27)25-18-7-4-3-5-8-18)22(28)14-24-23(29)20-9-6-12-30-20/h6,9-13,18H,3-5,7-8,14-15H2,1-2H3,(H,24,29)(H,25,27). The predicted molar refractivity (Wildman–Crippen MR) is 120 cm³/mol. The molecule has 0 unspecified atom stereocenters. The molecule has 1 saturated carbocycles. The van der Waals surface area contributed by atoms with Crippen LogP contribution in [-0.4, -0.2) is 36.9 Å². The van der Waals surface area contributed by atoms with Crippen LogP contribution < -0.4 is 15.5 Å². The summed E-state index contributed by atoms with van der Waals surface area (Å²) < 4.78 is 0. The molecule has 2 aromatic rings. The number of carbonyl (C=O) groups excluding carboxylic acids is 3. The summed E-state index contributed by atoms with van der Waals surface area (Å²) in [5.74, 6) is -0.765. The normalized spacial score (nSPS) is 14.2. The summed E-state index contributed by atoms with van der Waals surface area (Å²) in [5, 5.41) is 7.56. The Labute approximate surface area is 181 Å². The van der Waals surface area contributed by atoms with E-state index in [-0.39, 0.29) is 36.9 Å². The highest BCUT2D eigenvalue weighted by molar-refractivity contribution is 7.12. The van der Waals surface area contributed by atoms with Crippen LogP contribution in [0, 0.1) is 13.8 Å². The van der Waals surface area contributed by atoms with Crippen molar-refractivity contribution in [2.45, 2.75) is 52.0 Å². The van der Waals surface area contributed by atoms with E-state index in [1.807, 2.05) is 37.4 Å². The maximum atomic E-state index is 13.0. The molecule has 30 heavy (non-hydrogen) atoms. The van der Waals surface area contributed by atoms with E-state index in [1.165, 1.54) is 22.7 Å². The van der Waals surface area contributed by atoms with Crippen molar-refractivity contribution in [2.75, 3.05) is 18.0 Å². The molecular weight excluding hydrogens is 398 g/mol. The van der Waals surface area contributed by atoms with Gasteiger partial charge in [-0.15, -0.1) is 11.3 Å². The van der Waals surface area contributed by atoms with Gasteiger partial charge in [-0.25, -0.2) is 0 Å². The van der Waals surface area contributed by atoms with Crippen molar-refractivity contribution in [1.29, 1.82) is 0 Å². The van der Waals surface area contributed by atoms with Crippen molar-refractivity contribution in [2.24, 2.45) is 0 Å². The monoisotopic (exact) mass is 427 g/mol. The van der Waals surface area contributed by atoms with E-state index in [2.05, 4.69) is 10.6 Å². The van der Waals surface area contributed by atoms with Gasteiger partial charge in [0.2, 0.25) is 11.8 Å². The van der Waals surface area contributed by atoms with Gasteiger partial charge in [-0.1, -0.05) is 37.5 Å². The first-order chi connectivity index (χ1) is 14.4. The van der Waals surface area contributed by atoms with Gasteiger partial charge in [0, 0.05) is 11.7 Å². The summed E-state index contributed by atoms with van der Waals surface area (Å²) in [6.07, 6.45) is 5.43. The molecule has 0 radical (unpaired) electrons. The molecule has 7 heteroatoms. The largest absolute Gasteiger partial charge is 0.352 e. The van der Waals surface area contributed by atoms with Crippen LogP contribution in [0.1, 0.15) is 52.9 Å². The van der Waals surface area contributed by atoms with Gasteiger partial charge < -0.3 is 15.5 Å². The molecule has 2 N–H and O–H groups in total. The number of nitrogens with one attached hydrogen (secondary N) is 2. The summed E-state index contributed by atoms with van der Waals surface area (Å²) in [7, 11) is 0. The highest BCUT2D eigenvalue weighted by Gasteiger charge is 2.23. The zero-order chi connectivity index (χ0) is 21.5. The molecule has 3 rings (SSSR count). The number of amides is 3.